The Morgan fingerprint density at radius 3 is 2.25 bits per heavy atom. The van der Waals surface area contributed by atoms with E-state index >= 15 is 0 Å². The van der Waals surface area contributed by atoms with Crippen LogP contribution in [0, 0.1) is 0 Å². The minimum absolute atomic E-state index is 0.195. The van der Waals surface area contributed by atoms with Crippen LogP contribution in [-0.2, 0) is 13.1 Å². The van der Waals surface area contributed by atoms with Gasteiger partial charge in [0.2, 0.25) is 0 Å². The zero-order valence-corrected chi connectivity index (χ0v) is 14.2. The largest absolute Gasteiger partial charge is 0.307 e. The Balaban J connectivity index is 1.78. The molecule has 1 N–H and O–H groups in total. The van der Waals surface area contributed by atoms with Gasteiger partial charge in [-0.1, -0.05) is 6.92 Å². The van der Waals surface area contributed by atoms with Gasteiger partial charge in [-0.3, -0.25) is 4.90 Å². The molecule has 1 aromatic rings. The first-order valence-electron chi connectivity index (χ1n) is 7.73. The molecular weight excluding hydrogens is 266 g/mol. The summed E-state index contributed by atoms with van der Waals surface area (Å²) < 4.78 is 0. The Morgan fingerprint density at radius 1 is 1.05 bits per heavy atom. The lowest BCUT2D eigenvalue weighted by molar-refractivity contribution is 0.133. The van der Waals surface area contributed by atoms with Crippen molar-refractivity contribution in [3.8, 4) is 0 Å². The first kappa shape index (κ1) is 16.0. The van der Waals surface area contributed by atoms with Gasteiger partial charge in [-0.15, -0.1) is 11.3 Å². The van der Waals surface area contributed by atoms with E-state index in [-0.39, 0.29) is 5.54 Å². The van der Waals surface area contributed by atoms with Crippen molar-refractivity contribution < 1.29 is 0 Å². The van der Waals surface area contributed by atoms with E-state index in [4.69, 9.17) is 0 Å². The van der Waals surface area contributed by atoms with Gasteiger partial charge in [-0.05, 0) is 39.4 Å². The molecule has 2 heterocycles. The first-order valence-corrected chi connectivity index (χ1v) is 8.55. The van der Waals surface area contributed by atoms with Gasteiger partial charge in [0.1, 0.15) is 0 Å². The smallest absolute Gasteiger partial charge is 0.0329 e. The van der Waals surface area contributed by atoms with Crippen molar-refractivity contribution in [2.45, 2.75) is 46.3 Å². The van der Waals surface area contributed by atoms with Crippen molar-refractivity contribution in [3.63, 3.8) is 0 Å². The fourth-order valence-electron chi connectivity index (χ4n) is 2.44. The maximum atomic E-state index is 3.56. The van der Waals surface area contributed by atoms with Crippen LogP contribution in [0.5, 0.6) is 0 Å². The molecule has 0 aromatic carbocycles. The summed E-state index contributed by atoms with van der Waals surface area (Å²) in [5.41, 5.74) is 0.195. The van der Waals surface area contributed by atoms with E-state index in [0.717, 1.165) is 13.1 Å². The fourth-order valence-corrected chi connectivity index (χ4v) is 3.44. The third kappa shape index (κ3) is 5.17. The number of hydrogen-bond donors (Lipinski definition) is 1. The van der Waals surface area contributed by atoms with E-state index in [0.29, 0.717) is 0 Å². The quantitative estimate of drug-likeness (QED) is 0.901. The molecule has 0 saturated carbocycles. The topological polar surface area (TPSA) is 18.5 Å². The molecule has 0 amide bonds. The third-order valence-corrected chi connectivity index (χ3v) is 4.87. The summed E-state index contributed by atoms with van der Waals surface area (Å²) in [4.78, 5) is 8.06. The summed E-state index contributed by atoms with van der Waals surface area (Å²) in [5.74, 6) is 0. The predicted molar refractivity (Wildman–Crippen MR) is 88.3 cm³/mol. The normalized spacial score (nSPS) is 18.6. The van der Waals surface area contributed by atoms with Crippen LogP contribution in [-0.4, -0.2) is 48.1 Å². The fraction of sp³-hybridized carbons (Fsp3) is 0.750. The summed E-state index contributed by atoms with van der Waals surface area (Å²) in [6.07, 6.45) is 0. The molecule has 114 valence electrons. The lowest BCUT2D eigenvalue weighted by Gasteiger charge is -2.33. The van der Waals surface area contributed by atoms with Gasteiger partial charge in [-0.25, -0.2) is 0 Å². The van der Waals surface area contributed by atoms with Crippen molar-refractivity contribution in [1.82, 2.24) is 15.1 Å². The third-order valence-electron chi connectivity index (χ3n) is 3.80. The standard InChI is InChI=1S/C16H29N3S/c1-5-18-8-10-19(11-9-18)13-15-7-6-14(20-15)12-17-16(2,3)4/h6-7,17H,5,8-13H2,1-4H3. The number of rotatable bonds is 5. The molecule has 0 spiro atoms. The molecule has 0 aliphatic carbocycles. The number of nitrogens with zero attached hydrogens (tertiary/aromatic N) is 2. The highest BCUT2D eigenvalue weighted by molar-refractivity contribution is 7.11. The van der Waals surface area contributed by atoms with Crippen LogP contribution in [0.15, 0.2) is 12.1 Å². The molecule has 0 bridgehead atoms. The lowest BCUT2D eigenvalue weighted by Crippen LogP contribution is -2.45. The molecule has 1 aliphatic rings. The van der Waals surface area contributed by atoms with Crippen LogP contribution >= 0.6 is 11.3 Å². The summed E-state index contributed by atoms with van der Waals surface area (Å²) in [5, 5.41) is 3.56. The van der Waals surface area contributed by atoms with E-state index in [1.807, 2.05) is 11.3 Å². The van der Waals surface area contributed by atoms with E-state index in [1.165, 1.54) is 42.5 Å². The van der Waals surface area contributed by atoms with Gasteiger partial charge in [0.05, 0.1) is 0 Å². The van der Waals surface area contributed by atoms with Gasteiger partial charge in [0, 0.05) is 54.6 Å². The Kier molecular flexibility index (Phi) is 5.61. The maximum Gasteiger partial charge on any atom is 0.0329 e. The van der Waals surface area contributed by atoms with E-state index in [2.05, 4.69) is 54.9 Å². The number of likely N-dealkylation sites (N-methyl/N-ethyl adjacent to an activating group) is 1. The summed E-state index contributed by atoms with van der Waals surface area (Å²) in [7, 11) is 0. The van der Waals surface area contributed by atoms with Gasteiger partial charge >= 0.3 is 0 Å². The zero-order valence-electron chi connectivity index (χ0n) is 13.4. The molecule has 20 heavy (non-hydrogen) atoms. The second-order valence-corrected chi connectivity index (χ2v) is 7.93. The second-order valence-electron chi connectivity index (χ2n) is 6.68. The average Bonchev–Trinajstić information content (AvgIpc) is 2.84. The number of nitrogens with one attached hydrogen (secondary N) is 1. The van der Waals surface area contributed by atoms with Crippen molar-refractivity contribution in [3.05, 3.63) is 21.9 Å². The summed E-state index contributed by atoms with van der Waals surface area (Å²) in [6, 6.07) is 4.58. The van der Waals surface area contributed by atoms with Crippen LogP contribution in [0.2, 0.25) is 0 Å². The Hall–Kier alpha value is -0.420. The number of hydrogen-bond acceptors (Lipinski definition) is 4. The molecule has 0 atom stereocenters. The molecule has 1 fully saturated rings. The maximum absolute atomic E-state index is 3.56. The Bertz CT molecular complexity index is 400. The average molecular weight is 295 g/mol. The van der Waals surface area contributed by atoms with Crippen molar-refractivity contribution in [2.75, 3.05) is 32.7 Å². The predicted octanol–water partition coefficient (Wildman–Crippen LogP) is 2.77. The molecular formula is C16H29N3S. The van der Waals surface area contributed by atoms with Crippen molar-refractivity contribution >= 4 is 11.3 Å². The minimum Gasteiger partial charge on any atom is -0.307 e. The van der Waals surface area contributed by atoms with Gasteiger partial charge in [0.25, 0.3) is 0 Å². The first-order chi connectivity index (χ1) is 9.46. The van der Waals surface area contributed by atoms with Gasteiger partial charge < -0.3 is 10.2 Å². The van der Waals surface area contributed by atoms with Gasteiger partial charge in [-0.2, -0.15) is 0 Å². The van der Waals surface area contributed by atoms with E-state index < -0.39 is 0 Å². The second kappa shape index (κ2) is 7.03. The zero-order chi connectivity index (χ0) is 14.6. The highest BCUT2D eigenvalue weighted by atomic mass is 32.1. The molecule has 0 unspecified atom stereocenters. The highest BCUT2D eigenvalue weighted by Crippen LogP contribution is 2.19. The molecule has 1 saturated heterocycles. The molecule has 3 nitrogen and oxygen atoms in total. The monoisotopic (exact) mass is 295 g/mol. The Labute approximate surface area is 128 Å². The van der Waals surface area contributed by atoms with Crippen LogP contribution in [0.4, 0.5) is 0 Å². The number of piperazine rings is 1. The van der Waals surface area contributed by atoms with Crippen LogP contribution < -0.4 is 5.32 Å². The van der Waals surface area contributed by atoms with Crippen molar-refractivity contribution in [2.24, 2.45) is 0 Å². The summed E-state index contributed by atoms with van der Waals surface area (Å²) >= 11 is 1.96. The molecule has 4 heteroatoms. The summed E-state index contributed by atoms with van der Waals surface area (Å²) in [6.45, 7) is 17.1. The van der Waals surface area contributed by atoms with Gasteiger partial charge in [0.15, 0.2) is 0 Å². The molecule has 2 rings (SSSR count). The number of thiophene rings is 1. The SMILES string of the molecule is CCN1CCN(Cc2ccc(CNC(C)(C)C)s2)CC1. The molecule has 1 aliphatic heterocycles. The highest BCUT2D eigenvalue weighted by Gasteiger charge is 2.16. The van der Waals surface area contributed by atoms with E-state index in [1.54, 1.807) is 0 Å². The lowest BCUT2D eigenvalue weighted by atomic mass is 10.1. The molecule has 1 aromatic heterocycles. The molecule has 0 radical (unpaired) electrons. The van der Waals surface area contributed by atoms with Crippen LogP contribution in [0.1, 0.15) is 37.4 Å². The minimum atomic E-state index is 0.195. The Morgan fingerprint density at radius 2 is 1.65 bits per heavy atom. The van der Waals surface area contributed by atoms with Crippen molar-refractivity contribution in [1.29, 1.82) is 0 Å². The van der Waals surface area contributed by atoms with Crippen LogP contribution in [0.3, 0.4) is 0 Å². The van der Waals surface area contributed by atoms with E-state index in [9.17, 15) is 0 Å². The van der Waals surface area contributed by atoms with Crippen LogP contribution in [0.25, 0.3) is 0 Å².